The molecule has 0 saturated carbocycles. The van der Waals surface area contributed by atoms with Gasteiger partial charge in [0.15, 0.2) is 0 Å². The molecule has 0 bridgehead atoms. The van der Waals surface area contributed by atoms with Crippen molar-refractivity contribution in [2.45, 2.75) is 13.5 Å². The first kappa shape index (κ1) is 13.9. The van der Waals surface area contributed by atoms with Crippen LogP contribution in [0, 0.1) is 24.1 Å². The fraction of sp³-hybridized carbons (Fsp3) is 0.188. The minimum atomic E-state index is -0.410. The largest absolute Gasteiger partial charge is 0.496 e. The van der Waals surface area contributed by atoms with E-state index >= 15 is 0 Å². The third-order valence-corrected chi connectivity index (χ3v) is 3.04. The van der Waals surface area contributed by atoms with Crippen LogP contribution in [0.15, 0.2) is 36.4 Å². The fourth-order valence-electron chi connectivity index (χ4n) is 2.01. The Balaban J connectivity index is 2.13. The lowest BCUT2D eigenvalue weighted by Gasteiger charge is -2.10. The van der Waals surface area contributed by atoms with Crippen molar-refractivity contribution in [3.63, 3.8) is 0 Å². The quantitative estimate of drug-likeness (QED) is 0.922. The zero-order valence-electron chi connectivity index (χ0n) is 11.4. The highest BCUT2D eigenvalue weighted by molar-refractivity contribution is 5.57. The molecule has 20 heavy (non-hydrogen) atoms. The van der Waals surface area contributed by atoms with Gasteiger partial charge in [-0.2, -0.15) is 5.26 Å². The van der Waals surface area contributed by atoms with Crippen LogP contribution in [0.25, 0.3) is 0 Å². The number of hydrogen-bond acceptors (Lipinski definition) is 3. The molecule has 0 aliphatic rings. The highest BCUT2D eigenvalue weighted by Crippen LogP contribution is 2.20. The highest BCUT2D eigenvalue weighted by Gasteiger charge is 2.04. The van der Waals surface area contributed by atoms with E-state index in [9.17, 15) is 4.39 Å². The molecule has 0 aliphatic carbocycles. The molecule has 0 atom stereocenters. The molecule has 0 unspecified atom stereocenters. The van der Waals surface area contributed by atoms with Gasteiger partial charge in [0.1, 0.15) is 17.6 Å². The van der Waals surface area contributed by atoms with Crippen LogP contribution in [0.3, 0.4) is 0 Å². The smallest absolute Gasteiger partial charge is 0.124 e. The maximum Gasteiger partial charge on any atom is 0.124 e. The van der Waals surface area contributed by atoms with Crippen molar-refractivity contribution in [1.29, 1.82) is 5.26 Å². The monoisotopic (exact) mass is 270 g/mol. The molecule has 0 aromatic heterocycles. The van der Waals surface area contributed by atoms with E-state index in [4.69, 9.17) is 10.00 Å². The summed E-state index contributed by atoms with van der Waals surface area (Å²) < 4.78 is 18.2. The number of hydrogen-bond donors (Lipinski definition) is 1. The Morgan fingerprint density at radius 3 is 2.70 bits per heavy atom. The lowest BCUT2D eigenvalue weighted by Crippen LogP contribution is -2.02. The molecule has 3 nitrogen and oxygen atoms in total. The van der Waals surface area contributed by atoms with E-state index < -0.39 is 5.82 Å². The molecule has 0 spiro atoms. The number of rotatable bonds is 4. The Hall–Kier alpha value is -2.54. The van der Waals surface area contributed by atoms with Crippen LogP contribution >= 0.6 is 0 Å². The Morgan fingerprint density at radius 1 is 1.25 bits per heavy atom. The molecule has 1 N–H and O–H groups in total. The van der Waals surface area contributed by atoms with Gasteiger partial charge in [-0.25, -0.2) is 4.39 Å². The summed E-state index contributed by atoms with van der Waals surface area (Å²) in [4.78, 5) is 0. The van der Waals surface area contributed by atoms with Crippen LogP contribution in [0.5, 0.6) is 5.75 Å². The van der Waals surface area contributed by atoms with Crippen LogP contribution < -0.4 is 10.1 Å². The molecule has 2 rings (SSSR count). The fourth-order valence-corrected chi connectivity index (χ4v) is 2.01. The second kappa shape index (κ2) is 6.07. The van der Waals surface area contributed by atoms with Crippen molar-refractivity contribution < 1.29 is 9.13 Å². The van der Waals surface area contributed by atoms with E-state index in [2.05, 4.69) is 5.32 Å². The second-order valence-electron chi connectivity index (χ2n) is 4.46. The summed E-state index contributed by atoms with van der Waals surface area (Å²) in [6.07, 6.45) is 0. The summed E-state index contributed by atoms with van der Waals surface area (Å²) in [5.74, 6) is 0.431. The van der Waals surface area contributed by atoms with Gasteiger partial charge < -0.3 is 10.1 Å². The summed E-state index contributed by atoms with van der Waals surface area (Å²) in [6, 6.07) is 12.0. The number of nitrogens with zero attached hydrogens (tertiary/aromatic N) is 1. The topological polar surface area (TPSA) is 45.0 Å². The molecule has 0 heterocycles. The summed E-state index contributed by atoms with van der Waals surface area (Å²) in [7, 11) is 1.64. The van der Waals surface area contributed by atoms with Crippen LogP contribution in [0.2, 0.25) is 0 Å². The molecular weight excluding hydrogens is 255 g/mol. The molecule has 0 amide bonds. The summed E-state index contributed by atoms with van der Waals surface area (Å²) in [5, 5.41) is 12.1. The molecule has 0 radical (unpaired) electrons. The summed E-state index contributed by atoms with van der Waals surface area (Å²) in [5.41, 5.74) is 3.04. The van der Waals surface area contributed by atoms with Crippen LogP contribution in [0.1, 0.15) is 16.7 Å². The van der Waals surface area contributed by atoms with E-state index in [-0.39, 0.29) is 0 Å². The zero-order valence-corrected chi connectivity index (χ0v) is 11.4. The molecular formula is C16H15FN2O. The van der Waals surface area contributed by atoms with E-state index in [1.54, 1.807) is 13.2 Å². The molecule has 2 aromatic rings. The van der Waals surface area contributed by atoms with E-state index in [1.807, 2.05) is 31.2 Å². The minimum absolute atomic E-state index is 0.301. The maximum absolute atomic E-state index is 13.0. The zero-order chi connectivity index (χ0) is 14.5. The number of ether oxygens (including phenoxy) is 1. The number of nitriles is 1. The van der Waals surface area contributed by atoms with Crippen molar-refractivity contribution in [2.75, 3.05) is 12.4 Å². The molecule has 0 saturated heterocycles. The molecule has 4 heteroatoms. The number of halogens is 1. The standard InChI is InChI=1S/C16H15FN2O/c1-11-7-12(3-6-16(11)20-2)10-19-15-5-4-14(17)8-13(15)9-18/h3-8,19H,10H2,1-2H3. The van der Waals surface area contributed by atoms with Crippen LogP contribution in [-0.4, -0.2) is 7.11 Å². The normalized spacial score (nSPS) is 9.90. The molecule has 0 aliphatic heterocycles. The Bertz CT molecular complexity index is 662. The van der Waals surface area contributed by atoms with Crippen molar-refractivity contribution in [1.82, 2.24) is 0 Å². The average Bonchev–Trinajstić information content (AvgIpc) is 2.46. The van der Waals surface area contributed by atoms with Gasteiger partial charge in [-0.15, -0.1) is 0 Å². The van der Waals surface area contributed by atoms with E-state index in [1.165, 1.54) is 12.1 Å². The van der Waals surface area contributed by atoms with Gasteiger partial charge in [-0.05, 0) is 42.3 Å². The highest BCUT2D eigenvalue weighted by atomic mass is 19.1. The van der Waals surface area contributed by atoms with Gasteiger partial charge in [0.05, 0.1) is 18.4 Å². The molecule has 2 aromatic carbocycles. The summed E-state index contributed by atoms with van der Waals surface area (Å²) in [6.45, 7) is 2.53. The van der Waals surface area contributed by atoms with Gasteiger partial charge in [-0.1, -0.05) is 12.1 Å². The number of methoxy groups -OCH3 is 1. The van der Waals surface area contributed by atoms with Gasteiger partial charge in [0.25, 0.3) is 0 Å². The van der Waals surface area contributed by atoms with E-state index in [0.29, 0.717) is 17.8 Å². The third kappa shape index (κ3) is 3.07. The van der Waals surface area contributed by atoms with Gasteiger partial charge in [0.2, 0.25) is 0 Å². The van der Waals surface area contributed by atoms with E-state index in [0.717, 1.165) is 16.9 Å². The third-order valence-electron chi connectivity index (χ3n) is 3.04. The first-order chi connectivity index (χ1) is 9.63. The predicted octanol–water partition coefficient (Wildman–Crippen LogP) is 3.63. The van der Waals surface area contributed by atoms with Gasteiger partial charge in [-0.3, -0.25) is 0 Å². The number of aryl methyl sites for hydroxylation is 1. The van der Waals surface area contributed by atoms with Crippen molar-refractivity contribution in [2.24, 2.45) is 0 Å². The predicted molar refractivity (Wildman–Crippen MR) is 76.2 cm³/mol. The summed E-state index contributed by atoms with van der Waals surface area (Å²) >= 11 is 0. The lowest BCUT2D eigenvalue weighted by molar-refractivity contribution is 0.411. The Morgan fingerprint density at radius 2 is 2.05 bits per heavy atom. The Labute approximate surface area is 117 Å². The van der Waals surface area contributed by atoms with Crippen LogP contribution in [-0.2, 0) is 6.54 Å². The molecule has 102 valence electrons. The number of anilines is 1. The van der Waals surface area contributed by atoms with Crippen molar-refractivity contribution in [3.05, 3.63) is 58.9 Å². The van der Waals surface area contributed by atoms with Crippen molar-refractivity contribution >= 4 is 5.69 Å². The first-order valence-electron chi connectivity index (χ1n) is 6.21. The second-order valence-corrected chi connectivity index (χ2v) is 4.46. The van der Waals surface area contributed by atoms with Crippen molar-refractivity contribution in [3.8, 4) is 11.8 Å². The SMILES string of the molecule is COc1ccc(CNc2ccc(F)cc2C#N)cc1C. The Kier molecular flexibility index (Phi) is 4.21. The molecule has 0 fully saturated rings. The maximum atomic E-state index is 13.0. The van der Waals surface area contributed by atoms with Crippen LogP contribution in [0.4, 0.5) is 10.1 Å². The lowest BCUT2D eigenvalue weighted by atomic mass is 10.1. The number of benzene rings is 2. The van der Waals surface area contributed by atoms with Gasteiger partial charge in [0, 0.05) is 6.54 Å². The minimum Gasteiger partial charge on any atom is -0.496 e. The average molecular weight is 270 g/mol. The first-order valence-corrected chi connectivity index (χ1v) is 6.21. The van der Waals surface area contributed by atoms with Gasteiger partial charge >= 0.3 is 0 Å². The number of nitrogens with one attached hydrogen (secondary N) is 1.